The summed E-state index contributed by atoms with van der Waals surface area (Å²) >= 11 is 0. The Morgan fingerprint density at radius 3 is 2.67 bits per heavy atom. The van der Waals surface area contributed by atoms with Crippen molar-refractivity contribution >= 4 is 17.6 Å². The summed E-state index contributed by atoms with van der Waals surface area (Å²) in [6, 6.07) is 7.05. The van der Waals surface area contributed by atoms with E-state index in [2.05, 4.69) is 5.32 Å². The second kappa shape index (κ2) is 5.21. The number of carbonyl (C=O) groups is 2. The third-order valence-electron chi connectivity index (χ3n) is 3.50. The molecule has 1 unspecified atom stereocenters. The molecule has 1 atom stereocenters. The Morgan fingerprint density at radius 2 is 2.11 bits per heavy atom. The highest BCUT2D eigenvalue weighted by molar-refractivity contribution is 5.93. The molecule has 1 aromatic carbocycles. The highest BCUT2D eigenvalue weighted by Crippen LogP contribution is 2.28. The number of aliphatic carboxylic acids is 1. The van der Waals surface area contributed by atoms with Crippen LogP contribution in [0.25, 0.3) is 0 Å². The molecule has 0 aliphatic heterocycles. The van der Waals surface area contributed by atoms with Gasteiger partial charge in [-0.25, -0.2) is 0 Å². The molecule has 4 nitrogen and oxygen atoms in total. The smallest absolute Gasteiger partial charge is 0.310 e. The lowest BCUT2D eigenvalue weighted by Crippen LogP contribution is -2.28. The summed E-state index contributed by atoms with van der Waals surface area (Å²) < 4.78 is 0. The van der Waals surface area contributed by atoms with Crippen molar-refractivity contribution in [2.75, 3.05) is 5.32 Å². The minimum absolute atomic E-state index is 0.0429. The number of hydrogen-bond acceptors (Lipinski definition) is 2. The van der Waals surface area contributed by atoms with E-state index < -0.39 is 11.9 Å². The minimum Gasteiger partial charge on any atom is -0.481 e. The SMILES string of the molecule is CC(C(=O)O)c1cccc(NC(=O)C2CCC2)c1. The van der Waals surface area contributed by atoms with E-state index >= 15 is 0 Å². The molecule has 1 amide bonds. The van der Waals surface area contributed by atoms with Crippen molar-refractivity contribution in [2.24, 2.45) is 5.92 Å². The normalized spacial score (nSPS) is 16.7. The second-order valence-electron chi connectivity index (χ2n) is 4.80. The summed E-state index contributed by atoms with van der Waals surface area (Å²) in [6.45, 7) is 1.63. The quantitative estimate of drug-likeness (QED) is 0.859. The predicted octanol–water partition coefficient (Wildman–Crippen LogP) is 2.61. The van der Waals surface area contributed by atoms with Gasteiger partial charge in [0.2, 0.25) is 5.91 Å². The average molecular weight is 247 g/mol. The van der Waals surface area contributed by atoms with Gasteiger partial charge in [-0.05, 0) is 37.5 Å². The van der Waals surface area contributed by atoms with E-state index in [1.54, 1.807) is 31.2 Å². The van der Waals surface area contributed by atoms with Gasteiger partial charge in [-0.3, -0.25) is 9.59 Å². The average Bonchev–Trinajstić information content (AvgIpc) is 2.25. The van der Waals surface area contributed by atoms with E-state index in [1.807, 2.05) is 0 Å². The van der Waals surface area contributed by atoms with Crippen LogP contribution in [0.1, 0.15) is 37.7 Å². The summed E-state index contributed by atoms with van der Waals surface area (Å²) in [5, 5.41) is 11.8. The van der Waals surface area contributed by atoms with Crippen molar-refractivity contribution < 1.29 is 14.7 Å². The van der Waals surface area contributed by atoms with Crippen molar-refractivity contribution in [2.45, 2.75) is 32.1 Å². The fourth-order valence-corrected chi connectivity index (χ4v) is 1.94. The maximum atomic E-state index is 11.8. The lowest BCUT2D eigenvalue weighted by molar-refractivity contribution is -0.138. The number of rotatable bonds is 4. The van der Waals surface area contributed by atoms with E-state index in [-0.39, 0.29) is 11.8 Å². The summed E-state index contributed by atoms with van der Waals surface area (Å²) in [5.74, 6) is -1.25. The fourth-order valence-electron chi connectivity index (χ4n) is 1.94. The minimum atomic E-state index is -0.863. The van der Waals surface area contributed by atoms with Crippen molar-refractivity contribution in [3.63, 3.8) is 0 Å². The summed E-state index contributed by atoms with van der Waals surface area (Å²) in [7, 11) is 0. The number of hydrogen-bond donors (Lipinski definition) is 2. The van der Waals surface area contributed by atoms with Crippen LogP contribution in [0.2, 0.25) is 0 Å². The molecule has 2 N–H and O–H groups in total. The number of carboxylic acids is 1. The third-order valence-corrected chi connectivity index (χ3v) is 3.50. The maximum Gasteiger partial charge on any atom is 0.310 e. The monoisotopic (exact) mass is 247 g/mol. The molecule has 96 valence electrons. The Labute approximate surface area is 106 Å². The lowest BCUT2D eigenvalue weighted by Gasteiger charge is -2.24. The first-order valence-corrected chi connectivity index (χ1v) is 6.21. The van der Waals surface area contributed by atoms with Gasteiger partial charge in [0.15, 0.2) is 0 Å². The van der Waals surface area contributed by atoms with Gasteiger partial charge in [0, 0.05) is 11.6 Å². The van der Waals surface area contributed by atoms with Crippen molar-refractivity contribution in [3.8, 4) is 0 Å². The molecule has 0 aromatic heterocycles. The number of benzene rings is 1. The summed E-state index contributed by atoms with van der Waals surface area (Å²) in [6.07, 6.45) is 3.03. The highest BCUT2D eigenvalue weighted by Gasteiger charge is 2.25. The van der Waals surface area contributed by atoms with E-state index in [9.17, 15) is 9.59 Å². The number of nitrogens with one attached hydrogen (secondary N) is 1. The zero-order valence-electron chi connectivity index (χ0n) is 10.3. The van der Waals surface area contributed by atoms with Gasteiger partial charge >= 0.3 is 5.97 Å². The molecular formula is C14H17NO3. The molecule has 0 heterocycles. The third kappa shape index (κ3) is 2.70. The topological polar surface area (TPSA) is 66.4 Å². The van der Waals surface area contributed by atoms with Gasteiger partial charge in [0.05, 0.1) is 5.92 Å². The zero-order chi connectivity index (χ0) is 13.1. The van der Waals surface area contributed by atoms with Crippen LogP contribution in [0, 0.1) is 5.92 Å². The molecule has 2 rings (SSSR count). The molecule has 4 heteroatoms. The van der Waals surface area contributed by atoms with Gasteiger partial charge in [-0.2, -0.15) is 0 Å². The van der Waals surface area contributed by atoms with Crippen LogP contribution in [-0.4, -0.2) is 17.0 Å². The number of anilines is 1. The van der Waals surface area contributed by atoms with E-state index in [0.717, 1.165) is 19.3 Å². The van der Waals surface area contributed by atoms with Crippen molar-refractivity contribution in [1.82, 2.24) is 0 Å². The van der Waals surface area contributed by atoms with Gasteiger partial charge < -0.3 is 10.4 Å². The second-order valence-corrected chi connectivity index (χ2v) is 4.80. The number of carboxylic acid groups (broad SMARTS) is 1. The van der Waals surface area contributed by atoms with Crippen LogP contribution in [0.5, 0.6) is 0 Å². The Hall–Kier alpha value is -1.84. The number of amides is 1. The van der Waals surface area contributed by atoms with Gasteiger partial charge in [-0.15, -0.1) is 0 Å². The largest absolute Gasteiger partial charge is 0.481 e. The van der Waals surface area contributed by atoms with E-state index in [4.69, 9.17) is 5.11 Å². The zero-order valence-corrected chi connectivity index (χ0v) is 10.3. The van der Waals surface area contributed by atoms with Crippen molar-refractivity contribution in [3.05, 3.63) is 29.8 Å². The Kier molecular flexibility index (Phi) is 3.65. The maximum absolute atomic E-state index is 11.8. The Balaban J connectivity index is 2.07. The Bertz CT molecular complexity index is 466. The first kappa shape index (κ1) is 12.6. The van der Waals surface area contributed by atoms with Gasteiger partial charge in [-0.1, -0.05) is 18.6 Å². The number of carbonyl (C=O) groups excluding carboxylic acids is 1. The summed E-state index contributed by atoms with van der Waals surface area (Å²) in [5.41, 5.74) is 1.38. The molecule has 1 aliphatic rings. The lowest BCUT2D eigenvalue weighted by atomic mass is 9.85. The predicted molar refractivity (Wildman–Crippen MR) is 68.5 cm³/mol. The molecule has 1 saturated carbocycles. The van der Waals surface area contributed by atoms with Crippen molar-refractivity contribution in [1.29, 1.82) is 0 Å². The Morgan fingerprint density at radius 1 is 1.39 bits per heavy atom. The van der Waals surface area contributed by atoms with Crippen LogP contribution in [0.15, 0.2) is 24.3 Å². The first-order chi connectivity index (χ1) is 8.58. The van der Waals surface area contributed by atoms with Crippen LogP contribution < -0.4 is 5.32 Å². The fraction of sp³-hybridized carbons (Fsp3) is 0.429. The first-order valence-electron chi connectivity index (χ1n) is 6.21. The van der Waals surface area contributed by atoms with Crippen LogP contribution in [-0.2, 0) is 9.59 Å². The molecule has 1 aromatic rings. The van der Waals surface area contributed by atoms with E-state index in [0.29, 0.717) is 11.3 Å². The van der Waals surface area contributed by atoms with Crippen LogP contribution >= 0.6 is 0 Å². The van der Waals surface area contributed by atoms with Gasteiger partial charge in [0.1, 0.15) is 0 Å². The molecule has 0 radical (unpaired) electrons. The molecule has 1 aliphatic carbocycles. The standard InChI is InChI=1S/C14H17NO3/c1-9(14(17)18)11-6-3-7-12(8-11)15-13(16)10-4-2-5-10/h3,6-10H,2,4-5H2,1H3,(H,15,16)(H,17,18). The van der Waals surface area contributed by atoms with Gasteiger partial charge in [0.25, 0.3) is 0 Å². The molecule has 0 saturated heterocycles. The van der Waals surface area contributed by atoms with Crippen LogP contribution in [0.3, 0.4) is 0 Å². The van der Waals surface area contributed by atoms with Crippen LogP contribution in [0.4, 0.5) is 5.69 Å². The molecule has 0 bridgehead atoms. The van der Waals surface area contributed by atoms with E-state index in [1.165, 1.54) is 0 Å². The summed E-state index contributed by atoms with van der Waals surface area (Å²) in [4.78, 5) is 22.7. The highest BCUT2D eigenvalue weighted by atomic mass is 16.4. The molecule has 0 spiro atoms. The molecular weight excluding hydrogens is 230 g/mol. The molecule has 18 heavy (non-hydrogen) atoms. The molecule has 1 fully saturated rings.